The van der Waals surface area contributed by atoms with Gasteiger partial charge in [0, 0.05) is 16.3 Å². The van der Waals surface area contributed by atoms with Gasteiger partial charge in [-0.15, -0.1) is 0 Å². The zero-order chi connectivity index (χ0) is 22.1. The van der Waals surface area contributed by atoms with Crippen LogP contribution in [0.15, 0.2) is 84.4 Å². The molecule has 0 aromatic heterocycles. The second-order valence-corrected chi connectivity index (χ2v) is 8.27. The molecular formula is C26H22ClNO3. The second kappa shape index (κ2) is 8.40. The molecule has 1 aliphatic heterocycles. The van der Waals surface area contributed by atoms with E-state index in [1.165, 1.54) is 4.90 Å². The van der Waals surface area contributed by atoms with Crippen LogP contribution in [0.1, 0.15) is 42.5 Å². The summed E-state index contributed by atoms with van der Waals surface area (Å²) in [7, 11) is 0. The highest BCUT2D eigenvalue weighted by Crippen LogP contribution is 2.42. The number of amides is 1. The van der Waals surface area contributed by atoms with Crippen molar-refractivity contribution in [3.63, 3.8) is 0 Å². The lowest BCUT2D eigenvalue weighted by Crippen LogP contribution is -2.29. The molecule has 0 radical (unpaired) electrons. The van der Waals surface area contributed by atoms with Gasteiger partial charge in [0.05, 0.1) is 11.6 Å². The van der Waals surface area contributed by atoms with Crippen LogP contribution in [0.4, 0.5) is 5.69 Å². The van der Waals surface area contributed by atoms with Gasteiger partial charge >= 0.3 is 0 Å². The number of carbonyl (C=O) groups is 2. The largest absolute Gasteiger partial charge is 0.507 e. The number of anilines is 1. The van der Waals surface area contributed by atoms with Gasteiger partial charge in [-0.2, -0.15) is 0 Å². The molecule has 0 unspecified atom stereocenters. The lowest BCUT2D eigenvalue weighted by molar-refractivity contribution is -0.132. The van der Waals surface area contributed by atoms with Crippen molar-refractivity contribution in [1.82, 2.24) is 0 Å². The molecule has 0 aliphatic carbocycles. The van der Waals surface area contributed by atoms with Crippen LogP contribution in [-0.2, 0) is 9.59 Å². The molecule has 1 atom stereocenters. The summed E-state index contributed by atoms with van der Waals surface area (Å²) < 4.78 is 0. The molecule has 3 aromatic carbocycles. The van der Waals surface area contributed by atoms with Gasteiger partial charge in [-0.3, -0.25) is 14.5 Å². The third kappa shape index (κ3) is 3.87. The number of aliphatic hydroxyl groups is 1. The van der Waals surface area contributed by atoms with Gasteiger partial charge in [0.1, 0.15) is 5.76 Å². The van der Waals surface area contributed by atoms with E-state index in [-0.39, 0.29) is 11.3 Å². The first-order valence-corrected chi connectivity index (χ1v) is 10.5. The van der Waals surface area contributed by atoms with E-state index in [1.54, 1.807) is 48.5 Å². The quantitative estimate of drug-likeness (QED) is 0.309. The molecule has 1 aliphatic rings. The zero-order valence-electron chi connectivity index (χ0n) is 17.2. The van der Waals surface area contributed by atoms with Crippen LogP contribution in [-0.4, -0.2) is 16.8 Å². The Bertz CT molecular complexity index is 1170. The molecule has 3 aromatic rings. The van der Waals surface area contributed by atoms with E-state index in [9.17, 15) is 14.7 Å². The fourth-order valence-corrected chi connectivity index (χ4v) is 4.04. The normalized spacial score (nSPS) is 18.1. The number of halogens is 1. The molecule has 1 heterocycles. The molecule has 156 valence electrons. The van der Waals surface area contributed by atoms with Crippen LogP contribution >= 0.6 is 11.6 Å². The van der Waals surface area contributed by atoms with Crippen LogP contribution in [0.5, 0.6) is 0 Å². The minimum Gasteiger partial charge on any atom is -0.507 e. The predicted molar refractivity (Wildman–Crippen MR) is 123 cm³/mol. The van der Waals surface area contributed by atoms with Crippen molar-refractivity contribution in [2.45, 2.75) is 25.8 Å². The lowest BCUT2D eigenvalue weighted by atomic mass is 9.93. The fraction of sp³-hybridized carbons (Fsp3) is 0.154. The van der Waals surface area contributed by atoms with Gasteiger partial charge in [-0.05, 0) is 35.2 Å². The highest BCUT2D eigenvalue weighted by molar-refractivity contribution is 6.51. The number of ketones is 1. The topological polar surface area (TPSA) is 57.6 Å². The van der Waals surface area contributed by atoms with E-state index in [1.807, 2.05) is 30.3 Å². The van der Waals surface area contributed by atoms with Gasteiger partial charge in [0.15, 0.2) is 0 Å². The number of hydrogen-bond acceptors (Lipinski definition) is 3. The van der Waals surface area contributed by atoms with Gasteiger partial charge in [0.2, 0.25) is 0 Å². The molecule has 5 heteroatoms. The molecular weight excluding hydrogens is 410 g/mol. The average molecular weight is 432 g/mol. The smallest absolute Gasteiger partial charge is 0.300 e. The third-order valence-electron chi connectivity index (χ3n) is 5.50. The number of rotatable bonds is 4. The number of benzene rings is 3. The Morgan fingerprint density at radius 1 is 0.935 bits per heavy atom. The maximum atomic E-state index is 13.1. The first kappa shape index (κ1) is 20.9. The van der Waals surface area contributed by atoms with Crippen molar-refractivity contribution in [2.75, 3.05) is 4.90 Å². The van der Waals surface area contributed by atoms with Crippen molar-refractivity contribution in [2.24, 2.45) is 0 Å². The van der Waals surface area contributed by atoms with Gasteiger partial charge in [-0.1, -0.05) is 86.1 Å². The number of hydrogen-bond donors (Lipinski definition) is 1. The Kier molecular flexibility index (Phi) is 5.66. The summed E-state index contributed by atoms with van der Waals surface area (Å²) in [6, 6.07) is 22.6. The van der Waals surface area contributed by atoms with E-state index in [0.29, 0.717) is 22.2 Å². The number of aliphatic hydroxyl groups excluding tert-OH is 1. The Labute approximate surface area is 186 Å². The van der Waals surface area contributed by atoms with E-state index in [0.717, 1.165) is 11.1 Å². The monoisotopic (exact) mass is 431 g/mol. The molecule has 0 bridgehead atoms. The summed E-state index contributed by atoms with van der Waals surface area (Å²) in [5.74, 6) is -1.27. The number of nitrogens with zero attached hydrogens (tertiary/aromatic N) is 1. The van der Waals surface area contributed by atoms with E-state index in [2.05, 4.69) is 13.8 Å². The number of carbonyl (C=O) groups excluding carboxylic acids is 2. The Balaban J connectivity index is 1.93. The molecule has 1 saturated heterocycles. The number of Topliss-reactive ketones (excluding diaryl/α,β-unsaturated/α-hetero) is 1. The van der Waals surface area contributed by atoms with Crippen LogP contribution in [0.2, 0.25) is 5.02 Å². The van der Waals surface area contributed by atoms with Crippen molar-refractivity contribution >= 4 is 34.7 Å². The lowest BCUT2D eigenvalue weighted by Gasteiger charge is -2.26. The summed E-state index contributed by atoms with van der Waals surface area (Å²) in [5, 5.41) is 11.5. The van der Waals surface area contributed by atoms with Crippen LogP contribution in [0, 0.1) is 0 Å². The van der Waals surface area contributed by atoms with Crippen molar-refractivity contribution < 1.29 is 14.7 Å². The Morgan fingerprint density at radius 2 is 1.61 bits per heavy atom. The Hall–Kier alpha value is -3.37. The highest BCUT2D eigenvalue weighted by Gasteiger charge is 2.47. The Morgan fingerprint density at radius 3 is 2.23 bits per heavy atom. The first-order valence-electron chi connectivity index (χ1n) is 10.1. The minimum atomic E-state index is -0.764. The van der Waals surface area contributed by atoms with Crippen molar-refractivity contribution in [3.8, 4) is 0 Å². The fourth-order valence-electron chi connectivity index (χ4n) is 3.85. The molecule has 0 saturated carbocycles. The molecule has 4 nitrogen and oxygen atoms in total. The average Bonchev–Trinajstić information content (AvgIpc) is 3.04. The van der Waals surface area contributed by atoms with E-state index in [4.69, 9.17) is 11.6 Å². The minimum absolute atomic E-state index is 0.0634. The predicted octanol–water partition coefficient (Wildman–Crippen LogP) is 6.09. The van der Waals surface area contributed by atoms with Crippen LogP contribution < -0.4 is 4.90 Å². The molecule has 4 rings (SSSR count). The van der Waals surface area contributed by atoms with E-state index < -0.39 is 17.7 Å². The molecule has 0 spiro atoms. The van der Waals surface area contributed by atoms with Crippen LogP contribution in [0.25, 0.3) is 5.76 Å². The molecule has 1 fully saturated rings. The van der Waals surface area contributed by atoms with E-state index >= 15 is 0 Å². The van der Waals surface area contributed by atoms with Gasteiger partial charge in [0.25, 0.3) is 11.7 Å². The van der Waals surface area contributed by atoms with Crippen molar-refractivity contribution in [1.29, 1.82) is 0 Å². The van der Waals surface area contributed by atoms with Crippen LogP contribution in [0.3, 0.4) is 0 Å². The molecule has 1 amide bonds. The maximum absolute atomic E-state index is 13.1. The summed E-state index contributed by atoms with van der Waals surface area (Å²) in [4.78, 5) is 27.6. The second-order valence-electron chi connectivity index (χ2n) is 7.84. The summed E-state index contributed by atoms with van der Waals surface area (Å²) in [5.41, 5.74) is 2.93. The zero-order valence-corrected chi connectivity index (χ0v) is 18.0. The standard InChI is InChI=1S/C26H22ClNO3/c1-16(2)17-11-13-18(14-12-17)23-22(24(29)19-7-4-3-5-8-19)25(30)26(31)28(23)21-10-6-9-20(27)15-21/h3-16,23,29H,1-2H3/b24-22+/t23-/m0/s1. The maximum Gasteiger partial charge on any atom is 0.300 e. The van der Waals surface area contributed by atoms with Crippen molar-refractivity contribution in [3.05, 3.63) is 106 Å². The highest BCUT2D eigenvalue weighted by atomic mass is 35.5. The SMILES string of the molecule is CC(C)c1ccc([C@H]2/C(=C(\O)c3ccccc3)C(=O)C(=O)N2c2cccc(Cl)c2)cc1. The summed E-state index contributed by atoms with van der Waals surface area (Å²) in [6.07, 6.45) is 0. The molecule has 1 N–H and O–H groups in total. The van der Waals surface area contributed by atoms with Gasteiger partial charge < -0.3 is 5.11 Å². The molecule has 31 heavy (non-hydrogen) atoms. The summed E-state index contributed by atoms with van der Waals surface area (Å²) >= 11 is 6.17. The first-order chi connectivity index (χ1) is 14.9. The third-order valence-corrected chi connectivity index (χ3v) is 5.73. The van der Waals surface area contributed by atoms with Gasteiger partial charge in [-0.25, -0.2) is 0 Å². The summed E-state index contributed by atoms with van der Waals surface area (Å²) in [6.45, 7) is 4.20.